The van der Waals surface area contributed by atoms with Gasteiger partial charge < -0.3 is 15.0 Å². The lowest BCUT2D eigenvalue weighted by atomic mass is 10.2. The lowest BCUT2D eigenvalue weighted by molar-refractivity contribution is -0.123. The first-order valence-electron chi connectivity index (χ1n) is 7.40. The molecule has 0 aliphatic rings. The number of hydrogen-bond donors (Lipinski definition) is 2. The van der Waals surface area contributed by atoms with E-state index in [2.05, 4.69) is 20.3 Å². The standard InChI is InChI=1S/C17H16N4O3/c1-10-5-6-18-15(7-10)21-16(22)11(2)24-17(23)12-3-4-13-14(8-12)20-9-19-13/h3-9,11H,1-2H3,(H,19,20)(H,18,21,22). The zero-order valence-corrected chi connectivity index (χ0v) is 13.2. The molecule has 0 bridgehead atoms. The second-order valence-electron chi connectivity index (χ2n) is 5.39. The number of rotatable bonds is 4. The van der Waals surface area contributed by atoms with Gasteiger partial charge in [0.25, 0.3) is 5.91 Å². The van der Waals surface area contributed by atoms with Crippen molar-refractivity contribution in [2.75, 3.05) is 5.32 Å². The predicted molar refractivity (Wildman–Crippen MR) is 88.6 cm³/mol. The molecule has 0 fully saturated rings. The van der Waals surface area contributed by atoms with Crippen molar-refractivity contribution >= 4 is 28.7 Å². The van der Waals surface area contributed by atoms with Crippen LogP contribution >= 0.6 is 0 Å². The van der Waals surface area contributed by atoms with Crippen LogP contribution in [-0.4, -0.2) is 32.9 Å². The highest BCUT2D eigenvalue weighted by Gasteiger charge is 2.19. The number of H-pyrrole nitrogens is 1. The van der Waals surface area contributed by atoms with Crippen LogP contribution in [0.4, 0.5) is 5.82 Å². The average molecular weight is 324 g/mol. The van der Waals surface area contributed by atoms with Crippen molar-refractivity contribution in [3.05, 3.63) is 54.0 Å². The number of imidazole rings is 1. The van der Waals surface area contributed by atoms with Crippen LogP contribution in [0.5, 0.6) is 0 Å². The molecule has 0 spiro atoms. The Balaban J connectivity index is 1.65. The van der Waals surface area contributed by atoms with E-state index in [0.717, 1.165) is 16.6 Å². The Morgan fingerprint density at radius 2 is 2.04 bits per heavy atom. The normalized spacial score (nSPS) is 11.9. The van der Waals surface area contributed by atoms with E-state index >= 15 is 0 Å². The number of pyridine rings is 1. The summed E-state index contributed by atoms with van der Waals surface area (Å²) in [6.45, 7) is 3.41. The third-order valence-corrected chi connectivity index (χ3v) is 3.48. The number of esters is 1. The number of nitrogens with one attached hydrogen (secondary N) is 2. The highest BCUT2D eigenvalue weighted by Crippen LogP contribution is 2.14. The van der Waals surface area contributed by atoms with E-state index in [1.807, 2.05) is 13.0 Å². The summed E-state index contributed by atoms with van der Waals surface area (Å²) < 4.78 is 5.21. The molecule has 2 heterocycles. The molecule has 1 amide bonds. The number of benzene rings is 1. The molecule has 0 aliphatic heterocycles. The molecule has 0 radical (unpaired) electrons. The fourth-order valence-corrected chi connectivity index (χ4v) is 2.18. The number of ether oxygens (including phenoxy) is 1. The molecule has 2 N–H and O–H groups in total. The van der Waals surface area contributed by atoms with E-state index in [4.69, 9.17) is 4.74 Å². The number of carbonyl (C=O) groups excluding carboxylic acids is 2. The van der Waals surface area contributed by atoms with Crippen molar-refractivity contribution in [1.29, 1.82) is 0 Å². The molecule has 1 atom stereocenters. The lowest BCUT2D eigenvalue weighted by Crippen LogP contribution is -2.30. The van der Waals surface area contributed by atoms with Crippen molar-refractivity contribution in [3.8, 4) is 0 Å². The van der Waals surface area contributed by atoms with Crippen LogP contribution in [0.2, 0.25) is 0 Å². The zero-order chi connectivity index (χ0) is 17.1. The number of hydrogen-bond acceptors (Lipinski definition) is 5. The van der Waals surface area contributed by atoms with Crippen LogP contribution in [0.1, 0.15) is 22.8 Å². The molecule has 7 nitrogen and oxygen atoms in total. The van der Waals surface area contributed by atoms with Gasteiger partial charge in [-0.15, -0.1) is 0 Å². The van der Waals surface area contributed by atoms with Crippen molar-refractivity contribution in [2.24, 2.45) is 0 Å². The number of fused-ring (bicyclic) bond motifs is 1. The minimum Gasteiger partial charge on any atom is -0.449 e. The number of aromatic nitrogens is 3. The third kappa shape index (κ3) is 3.40. The van der Waals surface area contributed by atoms with Gasteiger partial charge in [-0.1, -0.05) is 0 Å². The zero-order valence-electron chi connectivity index (χ0n) is 13.2. The minimum atomic E-state index is -0.947. The quantitative estimate of drug-likeness (QED) is 0.719. The summed E-state index contributed by atoms with van der Waals surface area (Å²) in [5, 5.41) is 2.62. The van der Waals surface area contributed by atoms with Gasteiger partial charge in [0.2, 0.25) is 0 Å². The monoisotopic (exact) mass is 324 g/mol. The summed E-state index contributed by atoms with van der Waals surface area (Å²) in [5.74, 6) is -0.600. The predicted octanol–water partition coefficient (Wildman–Crippen LogP) is 2.45. The average Bonchev–Trinajstić information content (AvgIpc) is 3.02. The maximum absolute atomic E-state index is 12.2. The number of aryl methyl sites for hydroxylation is 1. The number of nitrogens with zero attached hydrogens (tertiary/aromatic N) is 2. The number of carbonyl (C=O) groups is 2. The Kier molecular flexibility index (Phi) is 4.24. The molecule has 3 rings (SSSR count). The summed E-state index contributed by atoms with van der Waals surface area (Å²) in [6, 6.07) is 8.52. The molecule has 3 aromatic rings. The lowest BCUT2D eigenvalue weighted by Gasteiger charge is -2.13. The van der Waals surface area contributed by atoms with Crippen molar-refractivity contribution in [1.82, 2.24) is 15.0 Å². The highest BCUT2D eigenvalue weighted by molar-refractivity contribution is 5.98. The Hall–Kier alpha value is -3.22. The van der Waals surface area contributed by atoms with Crippen LogP contribution in [0.15, 0.2) is 42.9 Å². The molecule has 0 saturated heterocycles. The molecule has 1 unspecified atom stereocenters. The van der Waals surface area contributed by atoms with E-state index in [9.17, 15) is 9.59 Å². The van der Waals surface area contributed by atoms with Gasteiger partial charge in [0.15, 0.2) is 6.10 Å². The molecular weight excluding hydrogens is 308 g/mol. The maximum atomic E-state index is 12.2. The van der Waals surface area contributed by atoms with E-state index in [0.29, 0.717) is 11.4 Å². The summed E-state index contributed by atoms with van der Waals surface area (Å²) >= 11 is 0. The fourth-order valence-electron chi connectivity index (χ4n) is 2.18. The smallest absolute Gasteiger partial charge is 0.338 e. The molecule has 0 saturated carbocycles. The van der Waals surface area contributed by atoms with Crippen molar-refractivity contribution < 1.29 is 14.3 Å². The summed E-state index contributed by atoms with van der Waals surface area (Å²) in [7, 11) is 0. The molecule has 0 aliphatic carbocycles. The first kappa shape index (κ1) is 15.7. The minimum absolute atomic E-state index is 0.347. The number of aromatic amines is 1. The summed E-state index contributed by atoms with van der Waals surface area (Å²) in [6.07, 6.45) is 2.20. The van der Waals surface area contributed by atoms with Gasteiger partial charge in [-0.2, -0.15) is 0 Å². The topological polar surface area (TPSA) is 97.0 Å². The van der Waals surface area contributed by atoms with Gasteiger partial charge in [0, 0.05) is 6.20 Å². The Labute approximate surface area is 138 Å². The summed E-state index contributed by atoms with van der Waals surface area (Å²) in [5.41, 5.74) is 2.80. The van der Waals surface area contributed by atoms with Crippen LogP contribution in [0.25, 0.3) is 11.0 Å². The van der Waals surface area contributed by atoms with Gasteiger partial charge in [0.05, 0.1) is 22.9 Å². The van der Waals surface area contributed by atoms with Crippen LogP contribution < -0.4 is 5.32 Å². The Bertz CT molecular complexity index is 903. The third-order valence-electron chi connectivity index (χ3n) is 3.48. The van der Waals surface area contributed by atoms with E-state index < -0.39 is 18.0 Å². The van der Waals surface area contributed by atoms with Gasteiger partial charge in [-0.3, -0.25) is 4.79 Å². The van der Waals surface area contributed by atoms with Gasteiger partial charge in [-0.05, 0) is 49.7 Å². The van der Waals surface area contributed by atoms with Crippen LogP contribution in [0.3, 0.4) is 0 Å². The number of amides is 1. The van der Waals surface area contributed by atoms with Gasteiger partial charge >= 0.3 is 5.97 Å². The summed E-state index contributed by atoms with van der Waals surface area (Å²) in [4.78, 5) is 35.3. The Morgan fingerprint density at radius 3 is 2.83 bits per heavy atom. The van der Waals surface area contributed by atoms with Crippen LogP contribution in [-0.2, 0) is 9.53 Å². The molecule has 122 valence electrons. The fraction of sp³-hybridized carbons (Fsp3) is 0.176. The Morgan fingerprint density at radius 1 is 1.21 bits per heavy atom. The van der Waals surface area contributed by atoms with E-state index in [1.54, 1.807) is 36.8 Å². The van der Waals surface area contributed by atoms with Gasteiger partial charge in [-0.25, -0.2) is 14.8 Å². The number of anilines is 1. The van der Waals surface area contributed by atoms with E-state index in [-0.39, 0.29) is 0 Å². The molecule has 24 heavy (non-hydrogen) atoms. The van der Waals surface area contributed by atoms with Crippen LogP contribution in [0, 0.1) is 6.92 Å². The van der Waals surface area contributed by atoms with Crippen molar-refractivity contribution in [2.45, 2.75) is 20.0 Å². The molecule has 7 heteroatoms. The molecular formula is C17H16N4O3. The second kappa shape index (κ2) is 6.49. The second-order valence-corrected chi connectivity index (χ2v) is 5.39. The van der Waals surface area contributed by atoms with E-state index in [1.165, 1.54) is 6.92 Å². The van der Waals surface area contributed by atoms with Crippen molar-refractivity contribution in [3.63, 3.8) is 0 Å². The van der Waals surface area contributed by atoms with Gasteiger partial charge in [0.1, 0.15) is 5.82 Å². The molecule has 1 aromatic carbocycles. The first-order chi connectivity index (χ1) is 11.5. The maximum Gasteiger partial charge on any atom is 0.338 e. The highest BCUT2D eigenvalue weighted by atomic mass is 16.5. The first-order valence-corrected chi connectivity index (χ1v) is 7.40. The largest absolute Gasteiger partial charge is 0.449 e. The molecule has 2 aromatic heterocycles. The SMILES string of the molecule is Cc1ccnc(NC(=O)C(C)OC(=O)c2ccc3nc[nH]c3c2)c1.